The Bertz CT molecular complexity index is 1140. The smallest absolute Gasteiger partial charge is 0.264 e. The van der Waals surface area contributed by atoms with E-state index in [2.05, 4.69) is 59.1 Å². The van der Waals surface area contributed by atoms with E-state index in [1.165, 1.54) is 27.6 Å². The summed E-state index contributed by atoms with van der Waals surface area (Å²) < 4.78 is 28.7. The summed E-state index contributed by atoms with van der Waals surface area (Å²) in [5, 5.41) is 2.86. The summed E-state index contributed by atoms with van der Waals surface area (Å²) in [6.45, 7) is 2.31. The number of hydrogen-bond acceptors (Lipinski definition) is 4. The van der Waals surface area contributed by atoms with Gasteiger partial charge in [0.1, 0.15) is 6.54 Å². The van der Waals surface area contributed by atoms with Crippen molar-refractivity contribution >= 4 is 56.0 Å². The number of nitrogens with zero attached hydrogens (tertiary/aromatic N) is 1. The largest absolute Gasteiger partial charge is 0.354 e. The lowest BCUT2D eigenvalue weighted by molar-refractivity contribution is -0.119. The van der Waals surface area contributed by atoms with Crippen molar-refractivity contribution in [3.05, 3.63) is 93.6 Å². The molecular weight excluding hydrogens is 567 g/mol. The van der Waals surface area contributed by atoms with Gasteiger partial charge < -0.3 is 5.32 Å². The molecule has 0 fully saturated rings. The lowest BCUT2D eigenvalue weighted by Gasteiger charge is -2.24. The Hall–Kier alpha value is -2.04. The molecule has 0 saturated carbocycles. The van der Waals surface area contributed by atoms with E-state index in [9.17, 15) is 13.2 Å². The van der Waals surface area contributed by atoms with E-state index < -0.39 is 10.0 Å². The molecule has 0 heterocycles. The number of benzene rings is 3. The first-order valence-corrected chi connectivity index (χ1v) is 14.3. The van der Waals surface area contributed by atoms with Gasteiger partial charge in [0.15, 0.2) is 0 Å². The van der Waals surface area contributed by atoms with Gasteiger partial charge >= 0.3 is 0 Å². The number of carbonyl (C=O) groups is 1. The van der Waals surface area contributed by atoms with E-state index >= 15 is 0 Å². The molecule has 0 spiro atoms. The van der Waals surface area contributed by atoms with Crippen molar-refractivity contribution in [2.45, 2.75) is 24.0 Å². The molecule has 0 aliphatic rings. The minimum Gasteiger partial charge on any atom is -0.354 e. The molecule has 0 saturated heterocycles. The SMILES string of the molecule is Cc1ccc(CSCCCNC(=O)CN(c2ccc(I)cc2)S(=O)(=O)c2ccccc2)cc1. The maximum Gasteiger partial charge on any atom is 0.264 e. The molecular formula is C25H27IN2O3S2. The number of thioether (sulfide) groups is 1. The van der Waals surface area contributed by atoms with Gasteiger partial charge in [0, 0.05) is 15.9 Å². The molecule has 3 rings (SSSR count). The number of hydrogen-bond donors (Lipinski definition) is 1. The zero-order valence-corrected chi connectivity index (χ0v) is 22.2. The van der Waals surface area contributed by atoms with Crippen molar-refractivity contribution in [3.63, 3.8) is 0 Å². The van der Waals surface area contributed by atoms with E-state index in [1.54, 1.807) is 30.3 Å². The molecule has 174 valence electrons. The van der Waals surface area contributed by atoms with Gasteiger partial charge in [-0.1, -0.05) is 48.0 Å². The molecule has 0 aliphatic heterocycles. The third kappa shape index (κ3) is 7.75. The fourth-order valence-electron chi connectivity index (χ4n) is 3.10. The Morgan fingerprint density at radius 3 is 2.30 bits per heavy atom. The molecule has 0 unspecified atom stereocenters. The first-order valence-electron chi connectivity index (χ1n) is 10.6. The van der Waals surface area contributed by atoms with Crippen LogP contribution in [-0.4, -0.2) is 33.2 Å². The molecule has 1 amide bonds. The minimum atomic E-state index is -3.87. The van der Waals surface area contributed by atoms with Crippen molar-refractivity contribution < 1.29 is 13.2 Å². The van der Waals surface area contributed by atoms with Crippen LogP contribution >= 0.6 is 34.4 Å². The number of carbonyl (C=O) groups excluding carboxylic acids is 1. The van der Waals surface area contributed by atoms with Crippen molar-refractivity contribution in [3.8, 4) is 0 Å². The van der Waals surface area contributed by atoms with Crippen LogP contribution in [0.3, 0.4) is 0 Å². The summed E-state index contributed by atoms with van der Waals surface area (Å²) in [7, 11) is -3.87. The summed E-state index contributed by atoms with van der Waals surface area (Å²) in [6.07, 6.45) is 0.817. The average molecular weight is 595 g/mol. The zero-order chi connectivity index (χ0) is 23.7. The number of sulfonamides is 1. The Morgan fingerprint density at radius 1 is 0.970 bits per heavy atom. The number of rotatable bonds is 11. The number of amides is 1. The molecule has 0 atom stereocenters. The zero-order valence-electron chi connectivity index (χ0n) is 18.4. The molecule has 0 aliphatic carbocycles. The van der Waals surface area contributed by atoms with Gasteiger partial charge in [0.2, 0.25) is 5.91 Å². The second kappa shape index (κ2) is 12.4. The number of nitrogens with one attached hydrogen (secondary N) is 1. The summed E-state index contributed by atoms with van der Waals surface area (Å²) in [5.74, 6) is 1.53. The van der Waals surface area contributed by atoms with Crippen LogP contribution in [0.25, 0.3) is 0 Å². The standard InChI is InChI=1S/C25H27IN2O3S2/c1-20-8-10-21(11-9-20)19-32-17-5-16-27-25(29)18-28(23-14-12-22(26)13-15-23)33(30,31)24-6-3-2-4-7-24/h2-4,6-15H,5,16-19H2,1H3,(H,27,29). The summed E-state index contributed by atoms with van der Waals surface area (Å²) in [5.41, 5.74) is 3.00. The first-order chi connectivity index (χ1) is 15.9. The van der Waals surface area contributed by atoms with Gasteiger partial charge in [-0.15, -0.1) is 0 Å². The molecule has 33 heavy (non-hydrogen) atoms. The normalized spacial score (nSPS) is 11.2. The lowest BCUT2D eigenvalue weighted by atomic mass is 10.2. The van der Waals surface area contributed by atoms with Gasteiger partial charge in [-0.05, 0) is 83.6 Å². The highest BCUT2D eigenvalue weighted by molar-refractivity contribution is 14.1. The summed E-state index contributed by atoms with van der Waals surface area (Å²) >= 11 is 3.98. The molecule has 0 aromatic heterocycles. The third-order valence-electron chi connectivity index (χ3n) is 4.91. The number of halogens is 1. The Labute approximate surface area is 214 Å². The van der Waals surface area contributed by atoms with Gasteiger partial charge in [0.05, 0.1) is 10.6 Å². The summed E-state index contributed by atoms with van der Waals surface area (Å²) in [6, 6.07) is 23.8. The van der Waals surface area contributed by atoms with E-state index in [4.69, 9.17) is 0 Å². The highest BCUT2D eigenvalue weighted by Gasteiger charge is 2.26. The quantitative estimate of drug-likeness (QED) is 0.244. The molecule has 0 bridgehead atoms. The van der Waals surface area contributed by atoms with Gasteiger partial charge in [-0.2, -0.15) is 11.8 Å². The third-order valence-corrected chi connectivity index (χ3v) is 8.53. The van der Waals surface area contributed by atoms with Crippen LogP contribution in [0, 0.1) is 10.5 Å². The van der Waals surface area contributed by atoms with Crippen LogP contribution in [0.1, 0.15) is 17.5 Å². The van der Waals surface area contributed by atoms with Crippen LogP contribution in [-0.2, 0) is 20.6 Å². The van der Waals surface area contributed by atoms with Crippen LogP contribution < -0.4 is 9.62 Å². The lowest BCUT2D eigenvalue weighted by Crippen LogP contribution is -2.41. The highest BCUT2D eigenvalue weighted by Crippen LogP contribution is 2.24. The molecule has 8 heteroatoms. The van der Waals surface area contributed by atoms with E-state index in [-0.39, 0.29) is 17.3 Å². The molecule has 3 aromatic carbocycles. The van der Waals surface area contributed by atoms with Crippen LogP contribution in [0.15, 0.2) is 83.8 Å². The Kier molecular flexibility index (Phi) is 9.64. The van der Waals surface area contributed by atoms with Crippen molar-refractivity contribution in [1.82, 2.24) is 5.32 Å². The second-order valence-electron chi connectivity index (χ2n) is 7.54. The predicted molar refractivity (Wildman–Crippen MR) is 145 cm³/mol. The van der Waals surface area contributed by atoms with Gasteiger partial charge in [0.25, 0.3) is 10.0 Å². The monoisotopic (exact) mass is 594 g/mol. The highest BCUT2D eigenvalue weighted by atomic mass is 127. The van der Waals surface area contributed by atoms with Crippen LogP contribution in [0.4, 0.5) is 5.69 Å². The van der Waals surface area contributed by atoms with E-state index in [1.807, 2.05) is 23.9 Å². The van der Waals surface area contributed by atoms with E-state index in [0.717, 1.165) is 21.5 Å². The first kappa shape index (κ1) is 25.6. The maximum absolute atomic E-state index is 13.3. The minimum absolute atomic E-state index is 0.156. The fourth-order valence-corrected chi connectivity index (χ4v) is 5.83. The molecule has 3 aromatic rings. The molecule has 1 N–H and O–H groups in total. The fraction of sp³-hybridized carbons (Fsp3) is 0.240. The Morgan fingerprint density at radius 2 is 1.64 bits per heavy atom. The average Bonchev–Trinajstić information content (AvgIpc) is 2.82. The van der Waals surface area contributed by atoms with Crippen molar-refractivity contribution in [2.75, 3.05) is 23.1 Å². The molecule has 5 nitrogen and oxygen atoms in total. The Balaban J connectivity index is 1.55. The molecule has 0 radical (unpaired) electrons. The van der Waals surface area contributed by atoms with Gasteiger partial charge in [-0.3, -0.25) is 9.10 Å². The second-order valence-corrected chi connectivity index (χ2v) is 11.8. The number of aryl methyl sites for hydroxylation is 1. The van der Waals surface area contributed by atoms with Crippen molar-refractivity contribution in [1.29, 1.82) is 0 Å². The van der Waals surface area contributed by atoms with Crippen LogP contribution in [0.2, 0.25) is 0 Å². The van der Waals surface area contributed by atoms with Crippen molar-refractivity contribution in [2.24, 2.45) is 0 Å². The van der Waals surface area contributed by atoms with E-state index in [0.29, 0.717) is 12.2 Å². The number of anilines is 1. The maximum atomic E-state index is 13.3. The van der Waals surface area contributed by atoms with Gasteiger partial charge in [-0.25, -0.2) is 8.42 Å². The predicted octanol–water partition coefficient (Wildman–Crippen LogP) is 5.23. The topological polar surface area (TPSA) is 66.5 Å². The summed E-state index contributed by atoms with van der Waals surface area (Å²) in [4.78, 5) is 12.8. The van der Waals surface area contributed by atoms with Crippen LogP contribution in [0.5, 0.6) is 0 Å².